The van der Waals surface area contributed by atoms with Crippen LogP contribution in [0.3, 0.4) is 0 Å². The number of nitrogens with zero attached hydrogens (tertiary/aromatic N) is 1. The number of carbonyl (C=O) groups is 6. The van der Waals surface area contributed by atoms with Gasteiger partial charge >= 0.3 is 11.9 Å². The number of carbonyl (C=O) groups excluding carboxylic acids is 4. The predicted molar refractivity (Wildman–Crippen MR) is 107 cm³/mol. The summed E-state index contributed by atoms with van der Waals surface area (Å²) in [5.41, 5.74) is 10.8. The Bertz CT molecular complexity index is 874. The number of carboxylic acid groups (broad SMARTS) is 2. The van der Waals surface area contributed by atoms with Gasteiger partial charge in [0, 0.05) is 18.3 Å². The lowest BCUT2D eigenvalue weighted by atomic mass is 10.1. The number of hydrogen-bond acceptors (Lipinski definition) is 9. The third kappa shape index (κ3) is 9.32. The Hall–Kier alpha value is -4.05. The molecule has 4 unspecified atom stereocenters. The molecule has 0 fully saturated rings. The zero-order valence-electron chi connectivity index (χ0n) is 17.2. The number of aromatic nitrogens is 2. The summed E-state index contributed by atoms with van der Waals surface area (Å²) in [5.74, 6) is -7.27. The molecule has 0 bridgehead atoms. The second kappa shape index (κ2) is 12.7. The SMILES string of the molecule is NC(=O)CC(NC(=O)C(CC(=O)O)NC(=O)C(Cc1cnc[nH]1)NC(=O)C(N)CO)C(=O)O. The van der Waals surface area contributed by atoms with E-state index >= 15 is 0 Å². The van der Waals surface area contributed by atoms with Gasteiger partial charge in [0.05, 0.1) is 25.8 Å². The first-order chi connectivity index (χ1) is 15.4. The van der Waals surface area contributed by atoms with Crippen molar-refractivity contribution in [3.8, 4) is 0 Å². The summed E-state index contributed by atoms with van der Waals surface area (Å²) in [6.45, 7) is -0.718. The topological polar surface area (TPSA) is 280 Å². The summed E-state index contributed by atoms with van der Waals surface area (Å²) in [6, 6.07) is -6.26. The van der Waals surface area contributed by atoms with Crippen molar-refractivity contribution in [1.29, 1.82) is 0 Å². The number of imidazole rings is 1. The van der Waals surface area contributed by atoms with Crippen molar-refractivity contribution in [2.24, 2.45) is 11.5 Å². The van der Waals surface area contributed by atoms with Crippen molar-refractivity contribution in [3.63, 3.8) is 0 Å². The number of primary amides is 1. The van der Waals surface area contributed by atoms with E-state index < -0.39 is 79.2 Å². The van der Waals surface area contributed by atoms with E-state index in [9.17, 15) is 28.8 Å². The van der Waals surface area contributed by atoms with E-state index in [1.807, 2.05) is 5.32 Å². The summed E-state index contributed by atoms with van der Waals surface area (Å²) in [5, 5.41) is 33.5. The molecule has 0 saturated carbocycles. The minimum Gasteiger partial charge on any atom is -0.481 e. The van der Waals surface area contributed by atoms with E-state index in [0.717, 1.165) is 0 Å². The normalized spacial score (nSPS) is 14.2. The van der Waals surface area contributed by atoms with E-state index in [1.165, 1.54) is 12.5 Å². The van der Waals surface area contributed by atoms with Crippen LogP contribution in [0.1, 0.15) is 18.5 Å². The molecule has 1 aromatic rings. The van der Waals surface area contributed by atoms with Gasteiger partial charge in [-0.2, -0.15) is 0 Å². The molecular formula is C17H25N7O9. The summed E-state index contributed by atoms with van der Waals surface area (Å²) < 4.78 is 0. The molecule has 4 atom stereocenters. The number of aliphatic carboxylic acids is 2. The van der Waals surface area contributed by atoms with E-state index in [-0.39, 0.29) is 6.42 Å². The van der Waals surface area contributed by atoms with Gasteiger partial charge in [0.2, 0.25) is 23.6 Å². The molecule has 0 spiro atoms. The average Bonchev–Trinajstić information content (AvgIpc) is 3.23. The maximum absolute atomic E-state index is 12.8. The first-order valence-electron chi connectivity index (χ1n) is 9.42. The third-order valence-corrected chi connectivity index (χ3v) is 4.18. The fraction of sp³-hybridized carbons (Fsp3) is 0.471. The maximum Gasteiger partial charge on any atom is 0.326 e. The van der Waals surface area contributed by atoms with Crippen LogP contribution >= 0.6 is 0 Å². The van der Waals surface area contributed by atoms with E-state index in [1.54, 1.807) is 0 Å². The highest BCUT2D eigenvalue weighted by atomic mass is 16.4. The highest BCUT2D eigenvalue weighted by Crippen LogP contribution is 2.03. The molecule has 0 aliphatic carbocycles. The molecule has 4 amide bonds. The van der Waals surface area contributed by atoms with Gasteiger partial charge in [0.1, 0.15) is 24.2 Å². The molecule has 1 rings (SSSR count). The number of aromatic amines is 1. The quantitative estimate of drug-likeness (QED) is 0.124. The van der Waals surface area contributed by atoms with Gasteiger partial charge in [-0.25, -0.2) is 9.78 Å². The Kier molecular flexibility index (Phi) is 10.4. The molecule has 182 valence electrons. The molecule has 16 heteroatoms. The van der Waals surface area contributed by atoms with Crippen molar-refractivity contribution in [1.82, 2.24) is 25.9 Å². The minimum atomic E-state index is -1.77. The molecule has 1 heterocycles. The highest BCUT2D eigenvalue weighted by Gasteiger charge is 2.32. The van der Waals surface area contributed by atoms with Gasteiger partial charge in [-0.1, -0.05) is 0 Å². The largest absolute Gasteiger partial charge is 0.481 e. The number of carboxylic acids is 2. The van der Waals surface area contributed by atoms with Crippen LogP contribution in [0.2, 0.25) is 0 Å². The Balaban J connectivity index is 3.05. The lowest BCUT2D eigenvalue weighted by Crippen LogP contribution is -2.58. The molecular weight excluding hydrogens is 446 g/mol. The molecule has 1 aromatic heterocycles. The number of hydrogen-bond donors (Lipinski definition) is 9. The number of aliphatic hydroxyl groups is 1. The lowest BCUT2D eigenvalue weighted by molar-refractivity contribution is -0.144. The van der Waals surface area contributed by atoms with Crippen LogP contribution in [0.5, 0.6) is 0 Å². The van der Waals surface area contributed by atoms with E-state index in [2.05, 4.69) is 20.6 Å². The Morgan fingerprint density at radius 3 is 2.00 bits per heavy atom. The van der Waals surface area contributed by atoms with Crippen molar-refractivity contribution in [2.45, 2.75) is 43.4 Å². The van der Waals surface area contributed by atoms with Crippen molar-refractivity contribution in [2.75, 3.05) is 6.61 Å². The summed E-state index contributed by atoms with van der Waals surface area (Å²) in [4.78, 5) is 77.2. The summed E-state index contributed by atoms with van der Waals surface area (Å²) in [6.07, 6.45) is 0.766. The summed E-state index contributed by atoms with van der Waals surface area (Å²) >= 11 is 0. The van der Waals surface area contributed by atoms with Crippen LogP contribution in [0.25, 0.3) is 0 Å². The molecule has 0 aromatic carbocycles. The van der Waals surface area contributed by atoms with Gasteiger partial charge in [0.25, 0.3) is 0 Å². The number of nitrogens with two attached hydrogens (primary N) is 2. The zero-order chi connectivity index (χ0) is 25.1. The second-order valence-electron chi connectivity index (χ2n) is 6.86. The maximum atomic E-state index is 12.8. The van der Waals surface area contributed by atoms with Gasteiger partial charge in [-0.05, 0) is 0 Å². The van der Waals surface area contributed by atoms with Crippen LogP contribution in [-0.2, 0) is 35.2 Å². The van der Waals surface area contributed by atoms with Gasteiger partial charge < -0.3 is 47.7 Å². The van der Waals surface area contributed by atoms with Crippen LogP contribution < -0.4 is 27.4 Å². The van der Waals surface area contributed by atoms with Crippen LogP contribution in [0, 0.1) is 0 Å². The molecule has 33 heavy (non-hydrogen) atoms. The van der Waals surface area contributed by atoms with Crippen molar-refractivity contribution >= 4 is 35.6 Å². The van der Waals surface area contributed by atoms with E-state index in [0.29, 0.717) is 5.69 Å². The number of rotatable bonds is 14. The average molecular weight is 471 g/mol. The first kappa shape index (κ1) is 27.0. The van der Waals surface area contributed by atoms with Crippen LogP contribution in [-0.4, -0.2) is 91.6 Å². The predicted octanol–water partition coefficient (Wildman–Crippen LogP) is -4.84. The van der Waals surface area contributed by atoms with Crippen LogP contribution in [0.4, 0.5) is 0 Å². The van der Waals surface area contributed by atoms with Gasteiger partial charge in [-0.15, -0.1) is 0 Å². The Morgan fingerprint density at radius 2 is 1.52 bits per heavy atom. The highest BCUT2D eigenvalue weighted by molar-refractivity contribution is 5.96. The molecule has 0 radical (unpaired) electrons. The fourth-order valence-electron chi connectivity index (χ4n) is 2.52. The smallest absolute Gasteiger partial charge is 0.326 e. The number of nitrogens with one attached hydrogen (secondary N) is 4. The van der Waals surface area contributed by atoms with Gasteiger partial charge in [-0.3, -0.25) is 24.0 Å². The number of H-pyrrole nitrogens is 1. The molecule has 0 saturated heterocycles. The monoisotopic (exact) mass is 471 g/mol. The molecule has 16 nitrogen and oxygen atoms in total. The first-order valence-corrected chi connectivity index (χ1v) is 9.42. The Labute approximate surface area is 186 Å². The van der Waals surface area contributed by atoms with Crippen molar-refractivity contribution in [3.05, 3.63) is 18.2 Å². The molecule has 0 aliphatic rings. The van der Waals surface area contributed by atoms with Gasteiger partial charge in [0.15, 0.2) is 0 Å². The van der Waals surface area contributed by atoms with Crippen LogP contribution in [0.15, 0.2) is 12.5 Å². The standard InChI is InChI=1S/C17H25N7O9/c18-8(5-25)14(29)22-9(1-7-4-20-6-21-7)15(30)23-10(3-13(27)28)16(31)24-11(17(32)33)2-12(19)26/h4,6,8-11,25H,1-3,5,18H2,(H2,19,26)(H,20,21)(H,22,29)(H,23,30)(H,24,31)(H,27,28)(H,32,33). The Morgan fingerprint density at radius 1 is 0.939 bits per heavy atom. The second-order valence-corrected chi connectivity index (χ2v) is 6.86. The third-order valence-electron chi connectivity index (χ3n) is 4.18. The van der Waals surface area contributed by atoms with Crippen molar-refractivity contribution < 1.29 is 44.1 Å². The minimum absolute atomic E-state index is 0.170. The number of aliphatic hydroxyl groups excluding tert-OH is 1. The fourth-order valence-corrected chi connectivity index (χ4v) is 2.52. The zero-order valence-corrected chi connectivity index (χ0v) is 17.2. The summed E-state index contributed by atoms with van der Waals surface area (Å²) in [7, 11) is 0. The van der Waals surface area contributed by atoms with E-state index in [4.69, 9.17) is 26.8 Å². The molecule has 0 aliphatic heterocycles. The molecule has 11 N–H and O–H groups in total. The number of amides is 4. The lowest BCUT2D eigenvalue weighted by Gasteiger charge is -2.24.